The van der Waals surface area contributed by atoms with E-state index in [1.54, 1.807) is 0 Å². The Kier molecular flexibility index (Phi) is 4.20. The lowest BCUT2D eigenvalue weighted by atomic mass is 9.85. The Hall–Kier alpha value is -0.770. The van der Waals surface area contributed by atoms with Crippen molar-refractivity contribution in [2.24, 2.45) is 0 Å². The van der Waals surface area contributed by atoms with Crippen molar-refractivity contribution in [1.29, 1.82) is 0 Å². The molecule has 0 radical (unpaired) electrons. The van der Waals surface area contributed by atoms with E-state index >= 15 is 0 Å². The van der Waals surface area contributed by atoms with E-state index in [-0.39, 0.29) is 11.7 Å². The fraction of sp³-hybridized carbons (Fsp3) is 0.625. The largest absolute Gasteiger partial charge is 0.490 e. The van der Waals surface area contributed by atoms with Gasteiger partial charge >= 0.3 is 0 Å². The lowest BCUT2D eigenvalue weighted by Gasteiger charge is -2.43. The predicted octanol–water partition coefficient (Wildman–Crippen LogP) is 3.76. The van der Waals surface area contributed by atoms with Gasteiger partial charge in [-0.1, -0.05) is 17.7 Å². The van der Waals surface area contributed by atoms with E-state index in [1.807, 2.05) is 18.2 Å². The summed E-state index contributed by atoms with van der Waals surface area (Å²) in [6, 6.07) is 5.80. The Balaban J connectivity index is 1.69. The maximum atomic E-state index is 6.19. The Morgan fingerprint density at radius 3 is 2.85 bits per heavy atom. The van der Waals surface area contributed by atoms with E-state index in [2.05, 4.69) is 6.92 Å². The Bertz CT molecular complexity index is 463. The van der Waals surface area contributed by atoms with E-state index in [0.717, 1.165) is 61.8 Å². The molecule has 110 valence electrons. The van der Waals surface area contributed by atoms with Crippen LogP contribution in [0.4, 0.5) is 0 Å². The van der Waals surface area contributed by atoms with Crippen molar-refractivity contribution < 1.29 is 14.2 Å². The predicted molar refractivity (Wildman–Crippen MR) is 78.6 cm³/mol. The summed E-state index contributed by atoms with van der Waals surface area (Å²) < 4.78 is 17.7. The van der Waals surface area contributed by atoms with Crippen LogP contribution >= 0.6 is 11.6 Å². The van der Waals surface area contributed by atoms with Gasteiger partial charge in [0, 0.05) is 31.1 Å². The summed E-state index contributed by atoms with van der Waals surface area (Å²) in [6.45, 7) is 4.41. The molecule has 2 aliphatic heterocycles. The number of hydrogen-bond acceptors (Lipinski definition) is 3. The molecule has 2 aliphatic rings. The second kappa shape index (κ2) is 5.92. The van der Waals surface area contributed by atoms with E-state index < -0.39 is 0 Å². The molecule has 0 saturated carbocycles. The van der Waals surface area contributed by atoms with Gasteiger partial charge in [-0.05, 0) is 37.5 Å². The molecule has 0 aromatic heterocycles. The molecular formula is C16H21ClO3. The zero-order valence-corrected chi connectivity index (χ0v) is 12.6. The fourth-order valence-corrected chi connectivity index (χ4v) is 3.22. The molecule has 2 saturated heterocycles. The van der Waals surface area contributed by atoms with Gasteiger partial charge in [-0.15, -0.1) is 0 Å². The van der Waals surface area contributed by atoms with Crippen LogP contribution in [0, 0.1) is 6.92 Å². The first-order valence-corrected chi connectivity index (χ1v) is 7.69. The van der Waals surface area contributed by atoms with Gasteiger partial charge < -0.3 is 14.2 Å². The van der Waals surface area contributed by atoms with Crippen LogP contribution in [0.2, 0.25) is 5.02 Å². The lowest BCUT2D eigenvalue weighted by molar-refractivity contribution is -0.155. The highest BCUT2D eigenvalue weighted by molar-refractivity contribution is 6.30. The van der Waals surface area contributed by atoms with Crippen LogP contribution in [0.1, 0.15) is 31.2 Å². The molecule has 20 heavy (non-hydrogen) atoms. The topological polar surface area (TPSA) is 27.7 Å². The van der Waals surface area contributed by atoms with Gasteiger partial charge in [0.05, 0.1) is 12.2 Å². The smallest absolute Gasteiger partial charge is 0.124 e. The van der Waals surface area contributed by atoms with Gasteiger partial charge in [-0.2, -0.15) is 0 Å². The summed E-state index contributed by atoms with van der Waals surface area (Å²) in [5, 5.41) is 0.721. The van der Waals surface area contributed by atoms with Crippen molar-refractivity contribution in [1.82, 2.24) is 0 Å². The molecule has 0 bridgehead atoms. The molecule has 3 rings (SSSR count). The molecule has 1 aromatic rings. The van der Waals surface area contributed by atoms with Crippen LogP contribution in [0.25, 0.3) is 0 Å². The van der Waals surface area contributed by atoms with Gasteiger partial charge in [0.15, 0.2) is 0 Å². The molecule has 0 N–H and O–H groups in total. The first-order valence-electron chi connectivity index (χ1n) is 7.31. The third-order valence-electron chi connectivity index (χ3n) is 4.30. The summed E-state index contributed by atoms with van der Waals surface area (Å²) in [7, 11) is 0. The van der Waals surface area contributed by atoms with E-state index in [4.69, 9.17) is 25.8 Å². The molecule has 1 aromatic carbocycles. The van der Waals surface area contributed by atoms with Gasteiger partial charge in [-0.25, -0.2) is 0 Å². The van der Waals surface area contributed by atoms with E-state index in [0.29, 0.717) is 0 Å². The minimum Gasteiger partial charge on any atom is -0.490 e. The molecule has 2 heterocycles. The average molecular weight is 297 g/mol. The molecule has 1 unspecified atom stereocenters. The zero-order chi connectivity index (χ0) is 14.0. The number of benzene rings is 1. The monoisotopic (exact) mass is 296 g/mol. The number of hydrogen-bond donors (Lipinski definition) is 0. The van der Waals surface area contributed by atoms with Crippen LogP contribution in [0.15, 0.2) is 18.2 Å². The first-order chi connectivity index (χ1) is 9.67. The molecule has 3 nitrogen and oxygen atoms in total. The molecule has 4 heteroatoms. The maximum absolute atomic E-state index is 6.19. The average Bonchev–Trinajstić information content (AvgIpc) is 2.44. The normalized spacial score (nSPS) is 25.6. The van der Waals surface area contributed by atoms with E-state index in [9.17, 15) is 0 Å². The van der Waals surface area contributed by atoms with Crippen molar-refractivity contribution in [3.05, 3.63) is 28.8 Å². The molecule has 1 atom stereocenters. The summed E-state index contributed by atoms with van der Waals surface area (Å²) in [5.41, 5.74) is 1.09. The summed E-state index contributed by atoms with van der Waals surface area (Å²) in [6.07, 6.45) is 4.04. The summed E-state index contributed by atoms with van der Waals surface area (Å²) in [4.78, 5) is 0. The molecule has 1 spiro atoms. The highest BCUT2D eigenvalue weighted by atomic mass is 35.5. The van der Waals surface area contributed by atoms with Crippen molar-refractivity contribution in [3.63, 3.8) is 0 Å². The molecule has 2 fully saturated rings. The third-order valence-corrected chi connectivity index (χ3v) is 4.53. The Morgan fingerprint density at radius 2 is 2.05 bits per heavy atom. The van der Waals surface area contributed by atoms with Crippen LogP contribution < -0.4 is 4.74 Å². The van der Waals surface area contributed by atoms with Crippen LogP contribution in [0.3, 0.4) is 0 Å². The first kappa shape index (κ1) is 14.2. The van der Waals surface area contributed by atoms with Gasteiger partial charge in [0.1, 0.15) is 11.9 Å². The van der Waals surface area contributed by atoms with Crippen LogP contribution in [-0.2, 0) is 9.47 Å². The second-order valence-electron chi connectivity index (χ2n) is 5.79. The Morgan fingerprint density at radius 1 is 1.25 bits per heavy atom. The van der Waals surface area contributed by atoms with Gasteiger partial charge in [0.2, 0.25) is 0 Å². The molecular weight excluding hydrogens is 276 g/mol. The van der Waals surface area contributed by atoms with Crippen molar-refractivity contribution in [2.45, 2.75) is 44.3 Å². The van der Waals surface area contributed by atoms with Crippen LogP contribution in [-0.4, -0.2) is 31.5 Å². The van der Waals surface area contributed by atoms with Crippen LogP contribution in [0.5, 0.6) is 5.75 Å². The number of ether oxygens (including phenoxy) is 3. The summed E-state index contributed by atoms with van der Waals surface area (Å²) >= 11 is 6.06. The third kappa shape index (κ3) is 3.11. The van der Waals surface area contributed by atoms with E-state index in [1.165, 1.54) is 0 Å². The minimum atomic E-state index is -0.0341. The lowest BCUT2D eigenvalue weighted by Crippen LogP contribution is -2.47. The van der Waals surface area contributed by atoms with Crippen molar-refractivity contribution in [3.8, 4) is 5.75 Å². The fourth-order valence-electron chi connectivity index (χ4n) is 3.06. The minimum absolute atomic E-state index is 0.0341. The summed E-state index contributed by atoms with van der Waals surface area (Å²) in [5.74, 6) is 0.895. The zero-order valence-electron chi connectivity index (χ0n) is 11.9. The van der Waals surface area contributed by atoms with Crippen molar-refractivity contribution >= 4 is 11.6 Å². The second-order valence-corrected chi connectivity index (χ2v) is 6.22. The highest BCUT2D eigenvalue weighted by Crippen LogP contribution is 2.36. The Labute approximate surface area is 125 Å². The maximum Gasteiger partial charge on any atom is 0.124 e. The standard InChI is InChI=1S/C16H21ClO3/c1-12-2-3-13(17)10-15(12)20-14-4-7-19-16(11-14)5-8-18-9-6-16/h2-3,10,14H,4-9,11H2,1H3. The SMILES string of the molecule is Cc1ccc(Cl)cc1OC1CCOC2(CCOCC2)C1. The number of aryl methyl sites for hydroxylation is 1. The van der Waals surface area contributed by atoms with Gasteiger partial charge in [-0.3, -0.25) is 0 Å². The molecule has 0 amide bonds. The quantitative estimate of drug-likeness (QED) is 0.832. The molecule has 0 aliphatic carbocycles. The van der Waals surface area contributed by atoms with Crippen molar-refractivity contribution in [2.75, 3.05) is 19.8 Å². The highest BCUT2D eigenvalue weighted by Gasteiger charge is 2.39. The number of halogens is 1. The number of rotatable bonds is 2. The van der Waals surface area contributed by atoms with Gasteiger partial charge in [0.25, 0.3) is 0 Å².